The number of ether oxygens (including phenoxy) is 1. The first-order valence-corrected chi connectivity index (χ1v) is 9.59. The Morgan fingerprint density at radius 1 is 1.33 bits per heavy atom. The second-order valence-corrected chi connectivity index (χ2v) is 7.05. The van der Waals surface area contributed by atoms with Gasteiger partial charge in [0.05, 0.1) is 19.2 Å². The molecule has 6 nitrogen and oxygen atoms in total. The standard InChI is InChI=1S/C20H20N4O2S/c1-26-16-4-5-18-17(11-16)14(12-22-18)6-7-21-19(25)10-15-13-27-20(23-15)24-8-2-3-9-24/h2-5,8-9,11-13,22H,6-7,10H2,1H3,(H,21,25). The van der Waals surface area contributed by atoms with Crippen molar-refractivity contribution >= 4 is 28.1 Å². The highest BCUT2D eigenvalue weighted by molar-refractivity contribution is 7.12. The van der Waals surface area contributed by atoms with Gasteiger partial charge in [0.25, 0.3) is 0 Å². The summed E-state index contributed by atoms with van der Waals surface area (Å²) in [4.78, 5) is 20.0. The molecule has 1 amide bonds. The minimum atomic E-state index is -0.0169. The SMILES string of the molecule is COc1ccc2[nH]cc(CCNC(=O)Cc3csc(-n4cccc4)n3)c2c1. The van der Waals surface area contributed by atoms with E-state index in [4.69, 9.17) is 4.74 Å². The number of aromatic amines is 1. The molecular formula is C20H20N4O2S. The summed E-state index contributed by atoms with van der Waals surface area (Å²) < 4.78 is 7.24. The van der Waals surface area contributed by atoms with Crippen LogP contribution in [-0.2, 0) is 17.6 Å². The Morgan fingerprint density at radius 3 is 3.00 bits per heavy atom. The largest absolute Gasteiger partial charge is 0.497 e. The van der Waals surface area contributed by atoms with Gasteiger partial charge in [-0.3, -0.25) is 4.79 Å². The topological polar surface area (TPSA) is 71.9 Å². The molecule has 0 atom stereocenters. The van der Waals surface area contributed by atoms with E-state index in [-0.39, 0.29) is 5.91 Å². The maximum Gasteiger partial charge on any atom is 0.226 e. The van der Waals surface area contributed by atoms with E-state index in [0.717, 1.165) is 39.5 Å². The Balaban J connectivity index is 1.32. The van der Waals surface area contributed by atoms with Crippen LogP contribution in [0.5, 0.6) is 5.75 Å². The number of nitrogens with one attached hydrogen (secondary N) is 2. The minimum Gasteiger partial charge on any atom is -0.497 e. The second-order valence-electron chi connectivity index (χ2n) is 6.21. The van der Waals surface area contributed by atoms with Crippen LogP contribution < -0.4 is 10.1 Å². The van der Waals surface area contributed by atoms with Gasteiger partial charge in [0.15, 0.2) is 5.13 Å². The number of methoxy groups -OCH3 is 1. The van der Waals surface area contributed by atoms with E-state index in [0.29, 0.717) is 13.0 Å². The van der Waals surface area contributed by atoms with Gasteiger partial charge in [0.1, 0.15) is 5.75 Å². The molecule has 3 aromatic heterocycles. The van der Waals surface area contributed by atoms with Crippen molar-refractivity contribution in [1.29, 1.82) is 0 Å². The molecule has 0 aliphatic carbocycles. The zero-order valence-corrected chi connectivity index (χ0v) is 15.8. The molecule has 0 aliphatic heterocycles. The number of thiazole rings is 1. The van der Waals surface area contributed by atoms with Crippen LogP contribution in [0, 0.1) is 0 Å². The Labute approximate surface area is 160 Å². The molecule has 7 heteroatoms. The molecule has 4 rings (SSSR count). The summed E-state index contributed by atoms with van der Waals surface area (Å²) in [5.74, 6) is 0.811. The van der Waals surface area contributed by atoms with Crippen molar-refractivity contribution in [3.05, 3.63) is 65.6 Å². The maximum atomic E-state index is 12.2. The third-order valence-electron chi connectivity index (χ3n) is 4.40. The predicted molar refractivity (Wildman–Crippen MR) is 107 cm³/mol. The van der Waals surface area contributed by atoms with Gasteiger partial charge >= 0.3 is 0 Å². The molecule has 0 fully saturated rings. The molecule has 1 aromatic carbocycles. The van der Waals surface area contributed by atoms with Gasteiger partial charge in [0, 0.05) is 41.4 Å². The summed E-state index contributed by atoms with van der Waals surface area (Å²) in [6.07, 6.45) is 6.92. The molecule has 3 heterocycles. The molecule has 0 spiro atoms. The Kier molecular flexibility index (Phi) is 4.93. The van der Waals surface area contributed by atoms with E-state index >= 15 is 0 Å². The van der Waals surface area contributed by atoms with E-state index in [2.05, 4.69) is 15.3 Å². The third kappa shape index (κ3) is 3.88. The zero-order chi connectivity index (χ0) is 18.6. The van der Waals surface area contributed by atoms with Crippen molar-refractivity contribution in [2.75, 3.05) is 13.7 Å². The molecule has 0 unspecified atom stereocenters. The van der Waals surface area contributed by atoms with E-state index in [9.17, 15) is 4.79 Å². The molecule has 0 aliphatic rings. The Morgan fingerprint density at radius 2 is 2.19 bits per heavy atom. The molecule has 0 bridgehead atoms. The number of nitrogens with zero attached hydrogens (tertiary/aromatic N) is 2. The zero-order valence-electron chi connectivity index (χ0n) is 14.9. The number of fused-ring (bicyclic) bond motifs is 1. The van der Waals surface area contributed by atoms with Gasteiger partial charge in [-0.1, -0.05) is 0 Å². The lowest BCUT2D eigenvalue weighted by molar-refractivity contribution is -0.120. The van der Waals surface area contributed by atoms with Crippen LogP contribution >= 0.6 is 11.3 Å². The average molecular weight is 380 g/mol. The number of hydrogen-bond donors (Lipinski definition) is 2. The van der Waals surface area contributed by atoms with Crippen LogP contribution in [-0.4, -0.2) is 34.1 Å². The molecule has 27 heavy (non-hydrogen) atoms. The summed E-state index contributed by atoms with van der Waals surface area (Å²) in [6, 6.07) is 9.85. The molecule has 2 N–H and O–H groups in total. The number of amides is 1. The Hall–Kier alpha value is -3.06. The highest BCUT2D eigenvalue weighted by Crippen LogP contribution is 2.23. The normalized spacial score (nSPS) is 11.0. The van der Waals surface area contributed by atoms with Crippen molar-refractivity contribution < 1.29 is 9.53 Å². The van der Waals surface area contributed by atoms with Crippen molar-refractivity contribution in [3.63, 3.8) is 0 Å². The van der Waals surface area contributed by atoms with Crippen LogP contribution in [0.25, 0.3) is 16.0 Å². The number of carbonyl (C=O) groups is 1. The molecule has 0 saturated heterocycles. The highest BCUT2D eigenvalue weighted by Gasteiger charge is 2.09. The monoisotopic (exact) mass is 380 g/mol. The van der Waals surface area contributed by atoms with E-state index < -0.39 is 0 Å². The van der Waals surface area contributed by atoms with Gasteiger partial charge in [-0.2, -0.15) is 0 Å². The molecule has 4 aromatic rings. The number of carbonyl (C=O) groups excluding carboxylic acids is 1. The quantitative estimate of drug-likeness (QED) is 0.517. The second kappa shape index (κ2) is 7.67. The summed E-state index contributed by atoms with van der Waals surface area (Å²) >= 11 is 1.53. The minimum absolute atomic E-state index is 0.0169. The van der Waals surface area contributed by atoms with Gasteiger partial charge in [-0.15, -0.1) is 11.3 Å². The van der Waals surface area contributed by atoms with Crippen LogP contribution in [0.3, 0.4) is 0 Å². The van der Waals surface area contributed by atoms with E-state index in [1.807, 2.05) is 58.9 Å². The van der Waals surface area contributed by atoms with Crippen molar-refractivity contribution in [1.82, 2.24) is 19.9 Å². The van der Waals surface area contributed by atoms with Gasteiger partial charge < -0.3 is 19.6 Å². The lowest BCUT2D eigenvalue weighted by atomic mass is 10.1. The molecular weight excluding hydrogens is 360 g/mol. The lowest BCUT2D eigenvalue weighted by Crippen LogP contribution is -2.27. The fourth-order valence-electron chi connectivity index (χ4n) is 3.01. The number of benzene rings is 1. The fourth-order valence-corrected chi connectivity index (χ4v) is 3.80. The lowest BCUT2D eigenvalue weighted by Gasteiger charge is -2.04. The highest BCUT2D eigenvalue weighted by atomic mass is 32.1. The number of H-pyrrole nitrogens is 1. The third-order valence-corrected chi connectivity index (χ3v) is 5.30. The van der Waals surface area contributed by atoms with E-state index in [1.54, 1.807) is 7.11 Å². The maximum absolute atomic E-state index is 12.2. The molecule has 0 saturated carbocycles. The summed E-state index contributed by atoms with van der Waals surface area (Å²) in [7, 11) is 1.66. The number of rotatable bonds is 7. The van der Waals surface area contributed by atoms with E-state index in [1.165, 1.54) is 11.3 Å². The molecule has 0 radical (unpaired) electrons. The summed E-state index contributed by atoms with van der Waals surface area (Å²) in [6.45, 7) is 0.581. The van der Waals surface area contributed by atoms with Crippen LogP contribution in [0.1, 0.15) is 11.3 Å². The number of aromatic nitrogens is 3. The smallest absolute Gasteiger partial charge is 0.226 e. The van der Waals surface area contributed by atoms with Crippen molar-refractivity contribution in [3.8, 4) is 10.9 Å². The summed E-state index contributed by atoms with van der Waals surface area (Å²) in [5.41, 5.74) is 3.02. The first-order valence-electron chi connectivity index (χ1n) is 8.71. The predicted octanol–water partition coefficient (Wildman–Crippen LogP) is 3.33. The summed E-state index contributed by atoms with van der Waals surface area (Å²) in [5, 5.41) is 6.91. The first-order chi connectivity index (χ1) is 13.2. The fraction of sp³-hybridized carbons (Fsp3) is 0.200. The first kappa shape index (κ1) is 17.4. The van der Waals surface area contributed by atoms with Crippen molar-refractivity contribution in [2.24, 2.45) is 0 Å². The van der Waals surface area contributed by atoms with Gasteiger partial charge in [-0.05, 0) is 42.3 Å². The molecule has 138 valence electrons. The van der Waals surface area contributed by atoms with Gasteiger partial charge in [0.2, 0.25) is 5.91 Å². The van der Waals surface area contributed by atoms with Crippen LogP contribution in [0.15, 0.2) is 54.3 Å². The van der Waals surface area contributed by atoms with Crippen LogP contribution in [0.4, 0.5) is 0 Å². The Bertz CT molecular complexity index is 1050. The van der Waals surface area contributed by atoms with Crippen molar-refractivity contribution in [2.45, 2.75) is 12.8 Å². The van der Waals surface area contributed by atoms with Crippen LogP contribution in [0.2, 0.25) is 0 Å². The van der Waals surface area contributed by atoms with Gasteiger partial charge in [-0.25, -0.2) is 4.98 Å². The number of hydrogen-bond acceptors (Lipinski definition) is 4. The average Bonchev–Trinajstić information content (AvgIpc) is 3.42.